The van der Waals surface area contributed by atoms with Crippen LogP contribution in [-0.4, -0.2) is 61.7 Å². The SMILES string of the molecule is COc1cc(O)ccc1C1C2=CCC3C(=O)N(c4ccc(C(C)=O)cc4)C(=O)C3C2CC2(Cl)C(=O)N(CBr)C(=O)C12Cl. The number of benzene rings is 2. The summed E-state index contributed by atoms with van der Waals surface area (Å²) in [7, 11) is 1.40. The van der Waals surface area contributed by atoms with Gasteiger partial charge in [0.25, 0.3) is 11.8 Å². The topological polar surface area (TPSA) is 121 Å². The number of fused-ring (bicyclic) bond motifs is 4. The normalized spacial score (nSPS) is 32.0. The number of carbonyl (C=O) groups is 5. The maximum absolute atomic E-state index is 14.1. The number of phenols is 1. The van der Waals surface area contributed by atoms with Crippen LogP contribution in [0.4, 0.5) is 5.69 Å². The second-order valence-corrected chi connectivity index (χ2v) is 12.8. The first-order chi connectivity index (χ1) is 19.9. The number of nitrogens with zero attached hydrogens (tertiary/aromatic N) is 2. The van der Waals surface area contributed by atoms with E-state index < -0.39 is 57.0 Å². The Bertz CT molecular complexity index is 1610. The lowest BCUT2D eigenvalue weighted by Crippen LogP contribution is -2.60. The highest BCUT2D eigenvalue weighted by molar-refractivity contribution is 9.09. The predicted octanol–water partition coefficient (Wildman–Crippen LogP) is 4.52. The average molecular weight is 676 g/mol. The summed E-state index contributed by atoms with van der Waals surface area (Å²) in [5.41, 5.74) is 1.67. The number of allylic oxidation sites excluding steroid dienone is 2. The molecule has 1 N–H and O–H groups in total. The summed E-state index contributed by atoms with van der Waals surface area (Å²) in [4.78, 5) is 65.3. The molecule has 3 fully saturated rings. The molecule has 6 atom stereocenters. The van der Waals surface area contributed by atoms with E-state index in [9.17, 15) is 29.1 Å². The van der Waals surface area contributed by atoms with Gasteiger partial charge in [0.15, 0.2) is 15.5 Å². The molecular weight excluding hydrogens is 651 g/mol. The van der Waals surface area contributed by atoms with Gasteiger partial charge in [-0.25, -0.2) is 0 Å². The van der Waals surface area contributed by atoms with Crippen molar-refractivity contribution in [3.8, 4) is 11.5 Å². The van der Waals surface area contributed by atoms with Crippen LogP contribution in [0, 0.1) is 17.8 Å². The molecule has 6 rings (SSSR count). The lowest BCUT2D eigenvalue weighted by atomic mass is 9.56. The van der Waals surface area contributed by atoms with Crippen molar-refractivity contribution in [3.05, 3.63) is 65.2 Å². The van der Waals surface area contributed by atoms with Crippen molar-refractivity contribution in [2.24, 2.45) is 17.8 Å². The highest BCUT2D eigenvalue weighted by atomic mass is 79.9. The molecule has 2 aromatic rings. The van der Waals surface area contributed by atoms with E-state index in [1.165, 1.54) is 26.2 Å². The minimum atomic E-state index is -1.98. The monoisotopic (exact) mass is 674 g/mol. The van der Waals surface area contributed by atoms with Gasteiger partial charge >= 0.3 is 0 Å². The first-order valence-corrected chi connectivity index (χ1v) is 15.1. The number of imide groups is 2. The van der Waals surface area contributed by atoms with Gasteiger partial charge in [-0.3, -0.25) is 33.8 Å². The Morgan fingerprint density at radius 1 is 1.05 bits per heavy atom. The van der Waals surface area contributed by atoms with Gasteiger partial charge in [-0.2, -0.15) is 0 Å². The fourth-order valence-corrected chi connectivity index (χ4v) is 8.55. The standard InChI is InChI=1S/C30H25BrCl2N2O7/c1-14(36)15-3-5-16(6-4-15)35-25(38)20-10-9-18-21(23(20)26(35)39)12-29(32)27(40)34(13-31)28(41)30(29,33)24(18)19-8-7-17(37)11-22(19)42-2/h3-9,11,20-21,23-24,37H,10,12-13H2,1-2H3. The van der Waals surface area contributed by atoms with Gasteiger partial charge in [0.05, 0.1) is 30.1 Å². The van der Waals surface area contributed by atoms with E-state index in [-0.39, 0.29) is 35.6 Å². The lowest BCUT2D eigenvalue weighted by Gasteiger charge is -2.50. The fourth-order valence-electron chi connectivity index (χ4n) is 7.14. The minimum absolute atomic E-state index is 0.0830. The molecule has 2 aliphatic heterocycles. The highest BCUT2D eigenvalue weighted by Crippen LogP contribution is 2.66. The molecule has 4 amide bonds. The van der Waals surface area contributed by atoms with Crippen molar-refractivity contribution in [1.29, 1.82) is 0 Å². The largest absolute Gasteiger partial charge is 0.508 e. The van der Waals surface area contributed by atoms with Crippen LogP contribution >= 0.6 is 39.1 Å². The van der Waals surface area contributed by atoms with Gasteiger partial charge in [-0.15, -0.1) is 23.2 Å². The van der Waals surface area contributed by atoms with E-state index in [0.717, 1.165) is 9.80 Å². The van der Waals surface area contributed by atoms with Gasteiger partial charge in [0, 0.05) is 23.1 Å². The Kier molecular flexibility index (Phi) is 6.83. The molecule has 0 aromatic heterocycles. The molecule has 2 saturated heterocycles. The van der Waals surface area contributed by atoms with Gasteiger partial charge < -0.3 is 9.84 Å². The zero-order valence-electron chi connectivity index (χ0n) is 22.5. The summed E-state index contributed by atoms with van der Waals surface area (Å²) in [5, 5.41) is 10.2. The summed E-state index contributed by atoms with van der Waals surface area (Å²) >= 11 is 17.7. The van der Waals surface area contributed by atoms with E-state index in [1.807, 2.05) is 6.08 Å². The number of carbonyl (C=O) groups excluding carboxylic acids is 5. The molecule has 42 heavy (non-hydrogen) atoms. The third-order valence-electron chi connectivity index (χ3n) is 9.07. The number of halogens is 3. The van der Waals surface area contributed by atoms with Crippen LogP contribution in [0.5, 0.6) is 11.5 Å². The van der Waals surface area contributed by atoms with E-state index in [4.69, 9.17) is 27.9 Å². The van der Waals surface area contributed by atoms with Gasteiger partial charge in [0.2, 0.25) is 11.8 Å². The molecule has 4 aliphatic rings. The average Bonchev–Trinajstić information content (AvgIpc) is 3.31. The number of alkyl halides is 3. The van der Waals surface area contributed by atoms with Crippen LogP contribution in [0.15, 0.2) is 54.1 Å². The molecular formula is C30H25BrCl2N2O7. The van der Waals surface area contributed by atoms with E-state index in [0.29, 0.717) is 22.4 Å². The number of methoxy groups -OCH3 is 1. The summed E-state index contributed by atoms with van der Waals surface area (Å²) < 4.78 is 5.57. The van der Waals surface area contributed by atoms with E-state index in [1.54, 1.807) is 30.3 Å². The number of hydrogen-bond acceptors (Lipinski definition) is 7. The molecule has 12 heteroatoms. The molecule has 2 aliphatic carbocycles. The van der Waals surface area contributed by atoms with Crippen LogP contribution in [0.3, 0.4) is 0 Å². The van der Waals surface area contributed by atoms with Crippen molar-refractivity contribution in [1.82, 2.24) is 4.90 Å². The van der Waals surface area contributed by atoms with Crippen molar-refractivity contribution >= 4 is 74.2 Å². The summed E-state index contributed by atoms with van der Waals surface area (Å²) in [6.45, 7) is 1.43. The van der Waals surface area contributed by atoms with Gasteiger partial charge in [-0.1, -0.05) is 33.6 Å². The van der Waals surface area contributed by atoms with Crippen LogP contribution in [0.25, 0.3) is 0 Å². The molecule has 2 heterocycles. The second kappa shape index (κ2) is 9.92. The molecule has 218 valence electrons. The van der Waals surface area contributed by atoms with Gasteiger partial charge in [0.1, 0.15) is 11.5 Å². The number of ether oxygens (including phenoxy) is 1. The first kappa shape index (κ1) is 28.9. The number of Topliss-reactive ketones (excluding diaryl/α,β-unsaturated/α-hetero) is 1. The van der Waals surface area contributed by atoms with Gasteiger partial charge in [-0.05, 0) is 56.0 Å². The molecule has 2 aromatic carbocycles. The molecule has 0 spiro atoms. The third kappa shape index (κ3) is 3.70. The fraction of sp³-hybridized carbons (Fsp3) is 0.367. The quantitative estimate of drug-likeness (QED) is 0.163. The van der Waals surface area contributed by atoms with Crippen LogP contribution in [-0.2, 0) is 19.2 Å². The maximum Gasteiger partial charge on any atom is 0.254 e. The number of likely N-dealkylation sites (tertiary alicyclic amines) is 1. The Morgan fingerprint density at radius 3 is 2.36 bits per heavy atom. The molecule has 0 radical (unpaired) electrons. The summed E-state index contributed by atoms with van der Waals surface area (Å²) in [5.74, 6) is -5.55. The van der Waals surface area contributed by atoms with Crippen LogP contribution < -0.4 is 9.64 Å². The molecule has 0 bridgehead atoms. The van der Waals surface area contributed by atoms with Crippen LogP contribution in [0.1, 0.15) is 41.6 Å². The van der Waals surface area contributed by atoms with E-state index in [2.05, 4.69) is 15.9 Å². The molecule has 6 unspecified atom stereocenters. The zero-order chi connectivity index (χ0) is 30.3. The highest BCUT2D eigenvalue weighted by Gasteiger charge is 2.76. The lowest BCUT2D eigenvalue weighted by molar-refractivity contribution is -0.138. The smallest absolute Gasteiger partial charge is 0.254 e. The van der Waals surface area contributed by atoms with Crippen molar-refractivity contribution in [2.75, 3.05) is 17.5 Å². The molecule has 1 saturated carbocycles. The van der Waals surface area contributed by atoms with Crippen molar-refractivity contribution < 1.29 is 33.8 Å². The number of anilines is 1. The molecule has 9 nitrogen and oxygen atoms in total. The van der Waals surface area contributed by atoms with Crippen molar-refractivity contribution in [2.45, 2.75) is 35.4 Å². The summed E-state index contributed by atoms with van der Waals surface area (Å²) in [6, 6.07) is 10.6. The Morgan fingerprint density at radius 2 is 1.74 bits per heavy atom. The number of ketones is 1. The Labute approximate surface area is 259 Å². The van der Waals surface area contributed by atoms with Crippen molar-refractivity contribution in [3.63, 3.8) is 0 Å². The van der Waals surface area contributed by atoms with Crippen LogP contribution in [0.2, 0.25) is 0 Å². The maximum atomic E-state index is 14.1. The minimum Gasteiger partial charge on any atom is -0.508 e. The van der Waals surface area contributed by atoms with E-state index >= 15 is 0 Å². The zero-order valence-corrected chi connectivity index (χ0v) is 25.6. The number of amides is 4. The summed E-state index contributed by atoms with van der Waals surface area (Å²) in [6.07, 6.45) is 1.88. The number of rotatable bonds is 5. The second-order valence-electron chi connectivity index (χ2n) is 11.0. The number of aromatic hydroxyl groups is 1. The number of phenolic OH excluding ortho intramolecular Hbond substituents is 1. The number of hydrogen-bond donors (Lipinski definition) is 1. The first-order valence-electron chi connectivity index (χ1n) is 13.3. The third-order valence-corrected chi connectivity index (χ3v) is 11.0. The predicted molar refractivity (Wildman–Crippen MR) is 157 cm³/mol. The Hall–Kier alpha value is -3.21. The Balaban J connectivity index is 1.51.